The molecule has 0 aromatic heterocycles. The zero-order valence-electron chi connectivity index (χ0n) is 11.2. The molecule has 102 valence electrons. The summed E-state index contributed by atoms with van der Waals surface area (Å²) in [6.07, 6.45) is 6.04. The first-order valence-corrected chi connectivity index (χ1v) is 7.29. The lowest BCUT2D eigenvalue weighted by molar-refractivity contribution is -0.147. The zero-order chi connectivity index (χ0) is 13.1. The van der Waals surface area contributed by atoms with Crippen molar-refractivity contribution >= 4 is 5.97 Å². The van der Waals surface area contributed by atoms with E-state index in [0.29, 0.717) is 18.6 Å². The van der Waals surface area contributed by atoms with Gasteiger partial charge in [-0.15, -0.1) is 0 Å². The summed E-state index contributed by atoms with van der Waals surface area (Å²) < 4.78 is 5.42. The minimum atomic E-state index is -0.0863. The van der Waals surface area contributed by atoms with Crippen molar-refractivity contribution in [1.29, 1.82) is 0 Å². The van der Waals surface area contributed by atoms with Crippen LogP contribution in [0.3, 0.4) is 0 Å². The third-order valence-corrected chi connectivity index (χ3v) is 4.37. The molecule has 0 bridgehead atoms. The van der Waals surface area contributed by atoms with Crippen molar-refractivity contribution in [2.45, 2.75) is 50.8 Å². The molecular weight excluding hydrogens is 238 g/mol. The van der Waals surface area contributed by atoms with Gasteiger partial charge in [-0.2, -0.15) is 0 Å². The first-order valence-electron chi connectivity index (χ1n) is 7.29. The quantitative estimate of drug-likeness (QED) is 0.848. The first-order chi connectivity index (χ1) is 9.33. The Labute approximate surface area is 114 Å². The van der Waals surface area contributed by atoms with E-state index < -0.39 is 0 Å². The summed E-state index contributed by atoms with van der Waals surface area (Å²) in [5.74, 6) is 0.598. The van der Waals surface area contributed by atoms with Crippen molar-refractivity contribution in [3.63, 3.8) is 0 Å². The van der Waals surface area contributed by atoms with E-state index in [1.165, 1.54) is 25.7 Å². The van der Waals surface area contributed by atoms with Gasteiger partial charge in [-0.05, 0) is 30.7 Å². The summed E-state index contributed by atoms with van der Waals surface area (Å²) in [4.78, 5) is 12.1. The van der Waals surface area contributed by atoms with Crippen LogP contribution in [0.25, 0.3) is 0 Å². The van der Waals surface area contributed by atoms with E-state index in [9.17, 15) is 4.79 Å². The van der Waals surface area contributed by atoms with Crippen LogP contribution in [-0.4, -0.2) is 18.1 Å². The number of hydrogen-bond donors (Lipinski definition) is 1. The second-order valence-corrected chi connectivity index (χ2v) is 5.70. The number of carbonyl (C=O) groups is 1. The van der Waals surface area contributed by atoms with Gasteiger partial charge < -0.3 is 10.1 Å². The topological polar surface area (TPSA) is 38.3 Å². The number of hydrogen-bond acceptors (Lipinski definition) is 3. The number of carbonyl (C=O) groups excluding carboxylic acids is 1. The molecule has 1 aliphatic carbocycles. The Hall–Kier alpha value is -1.35. The molecule has 1 saturated heterocycles. The van der Waals surface area contributed by atoms with Crippen LogP contribution in [0.2, 0.25) is 0 Å². The van der Waals surface area contributed by atoms with Crippen LogP contribution in [0.15, 0.2) is 30.3 Å². The molecule has 0 spiro atoms. The van der Waals surface area contributed by atoms with Crippen molar-refractivity contribution in [1.82, 2.24) is 5.32 Å². The molecule has 1 aromatic carbocycles. The minimum Gasteiger partial charge on any atom is -0.460 e. The van der Waals surface area contributed by atoms with Crippen molar-refractivity contribution in [2.75, 3.05) is 0 Å². The lowest BCUT2D eigenvalue weighted by atomic mass is 9.85. The molecule has 1 aliphatic heterocycles. The summed E-state index contributed by atoms with van der Waals surface area (Å²) in [6, 6.07) is 10.3. The fraction of sp³-hybridized carbons (Fsp3) is 0.562. The number of nitrogens with one attached hydrogen (secondary N) is 1. The molecule has 2 unspecified atom stereocenters. The highest BCUT2D eigenvalue weighted by molar-refractivity contribution is 5.76. The summed E-state index contributed by atoms with van der Waals surface area (Å²) in [6.45, 7) is 0.382. The SMILES string of the molecule is O=C(OCc1ccccc1)C1CC2CCCC[C@@H]2N1. The van der Waals surface area contributed by atoms with Crippen LogP contribution in [-0.2, 0) is 16.1 Å². The van der Waals surface area contributed by atoms with Crippen LogP contribution in [0, 0.1) is 5.92 Å². The highest BCUT2D eigenvalue weighted by Crippen LogP contribution is 2.33. The molecule has 1 aromatic rings. The van der Waals surface area contributed by atoms with Crippen LogP contribution in [0.5, 0.6) is 0 Å². The van der Waals surface area contributed by atoms with Gasteiger partial charge in [0.25, 0.3) is 0 Å². The maximum atomic E-state index is 12.1. The number of ether oxygens (including phenoxy) is 1. The Morgan fingerprint density at radius 2 is 2.00 bits per heavy atom. The lowest BCUT2D eigenvalue weighted by Gasteiger charge is -2.24. The minimum absolute atomic E-state index is 0.0850. The third kappa shape index (κ3) is 2.98. The van der Waals surface area contributed by atoms with Gasteiger partial charge in [-0.1, -0.05) is 43.2 Å². The molecule has 2 fully saturated rings. The second kappa shape index (κ2) is 5.74. The number of esters is 1. The van der Waals surface area contributed by atoms with Gasteiger partial charge in [0, 0.05) is 6.04 Å². The number of benzene rings is 1. The van der Waals surface area contributed by atoms with Crippen molar-refractivity contribution < 1.29 is 9.53 Å². The third-order valence-electron chi connectivity index (χ3n) is 4.37. The summed E-state index contributed by atoms with van der Waals surface area (Å²) in [5.41, 5.74) is 1.05. The van der Waals surface area contributed by atoms with Gasteiger partial charge in [-0.25, -0.2) is 0 Å². The molecular formula is C16H21NO2. The molecule has 1 N–H and O–H groups in total. The summed E-state index contributed by atoms with van der Waals surface area (Å²) >= 11 is 0. The van der Waals surface area contributed by atoms with Crippen molar-refractivity contribution in [3.05, 3.63) is 35.9 Å². The Bertz CT molecular complexity index is 418. The van der Waals surface area contributed by atoms with Gasteiger partial charge >= 0.3 is 5.97 Å². The Kier molecular flexibility index (Phi) is 3.83. The molecule has 3 heteroatoms. The van der Waals surface area contributed by atoms with E-state index in [0.717, 1.165) is 12.0 Å². The lowest BCUT2D eigenvalue weighted by Crippen LogP contribution is -2.37. The molecule has 2 aliphatic rings. The van der Waals surface area contributed by atoms with Crippen LogP contribution in [0.1, 0.15) is 37.7 Å². The maximum absolute atomic E-state index is 12.1. The average molecular weight is 259 g/mol. The van der Waals surface area contributed by atoms with Crippen molar-refractivity contribution in [3.8, 4) is 0 Å². The molecule has 0 amide bonds. The van der Waals surface area contributed by atoms with E-state index in [1.54, 1.807) is 0 Å². The number of fused-ring (bicyclic) bond motifs is 1. The standard InChI is InChI=1S/C16H21NO2/c18-16(19-11-12-6-2-1-3-7-12)15-10-13-8-4-5-9-14(13)17-15/h1-3,6-7,13-15,17H,4-5,8-11H2/t13?,14-,15?/m0/s1. The van der Waals surface area contributed by atoms with E-state index in [2.05, 4.69) is 5.32 Å². The van der Waals surface area contributed by atoms with Gasteiger partial charge in [0.05, 0.1) is 0 Å². The number of rotatable bonds is 3. The summed E-state index contributed by atoms with van der Waals surface area (Å²) in [7, 11) is 0. The van der Waals surface area contributed by atoms with Crippen molar-refractivity contribution in [2.24, 2.45) is 5.92 Å². The highest BCUT2D eigenvalue weighted by atomic mass is 16.5. The molecule has 3 atom stereocenters. The van der Waals surface area contributed by atoms with E-state index in [-0.39, 0.29) is 12.0 Å². The largest absolute Gasteiger partial charge is 0.460 e. The van der Waals surface area contributed by atoms with Gasteiger partial charge in [0.1, 0.15) is 12.6 Å². The normalized spacial score (nSPS) is 29.8. The summed E-state index contributed by atoms with van der Waals surface area (Å²) in [5, 5.41) is 3.45. The molecule has 1 saturated carbocycles. The fourth-order valence-corrected chi connectivity index (χ4v) is 3.33. The monoisotopic (exact) mass is 259 g/mol. The van der Waals surface area contributed by atoms with E-state index >= 15 is 0 Å². The first kappa shape index (κ1) is 12.7. The molecule has 3 rings (SSSR count). The van der Waals surface area contributed by atoms with Gasteiger partial charge in [-0.3, -0.25) is 4.79 Å². The van der Waals surface area contributed by atoms with Crippen LogP contribution in [0.4, 0.5) is 0 Å². The molecule has 19 heavy (non-hydrogen) atoms. The molecule has 3 nitrogen and oxygen atoms in total. The highest BCUT2D eigenvalue weighted by Gasteiger charge is 2.38. The Balaban J connectivity index is 1.51. The van der Waals surface area contributed by atoms with E-state index in [1.807, 2.05) is 30.3 Å². The Morgan fingerprint density at radius 3 is 2.79 bits per heavy atom. The van der Waals surface area contributed by atoms with E-state index in [4.69, 9.17) is 4.74 Å². The average Bonchev–Trinajstić information content (AvgIpc) is 2.90. The van der Waals surface area contributed by atoms with Crippen LogP contribution < -0.4 is 5.32 Å². The fourth-order valence-electron chi connectivity index (χ4n) is 3.33. The zero-order valence-corrected chi connectivity index (χ0v) is 11.2. The smallest absolute Gasteiger partial charge is 0.323 e. The van der Waals surface area contributed by atoms with Gasteiger partial charge in [0.15, 0.2) is 0 Å². The van der Waals surface area contributed by atoms with Gasteiger partial charge in [0.2, 0.25) is 0 Å². The Morgan fingerprint density at radius 1 is 1.21 bits per heavy atom. The molecule has 0 radical (unpaired) electrons. The maximum Gasteiger partial charge on any atom is 0.323 e. The molecule has 1 heterocycles. The predicted octanol–water partition coefficient (Wildman–Crippen LogP) is 2.65. The predicted molar refractivity (Wildman–Crippen MR) is 73.5 cm³/mol. The second-order valence-electron chi connectivity index (χ2n) is 5.70. The van der Waals surface area contributed by atoms with Crippen LogP contribution >= 0.6 is 0 Å².